The van der Waals surface area contributed by atoms with Gasteiger partial charge >= 0.3 is 0 Å². The lowest BCUT2D eigenvalue weighted by molar-refractivity contribution is 0.144. The van der Waals surface area contributed by atoms with Gasteiger partial charge in [-0.25, -0.2) is 0 Å². The summed E-state index contributed by atoms with van der Waals surface area (Å²) in [5.41, 5.74) is 6.59. The molecule has 7 heteroatoms. The Hall–Kier alpha value is -1.89. The van der Waals surface area contributed by atoms with Crippen LogP contribution in [0, 0.1) is 5.92 Å². The van der Waals surface area contributed by atoms with Gasteiger partial charge in [0.2, 0.25) is 11.8 Å². The SMILES string of the molecule is COc1nc(N)nc2c1CN=CN2C1CC(CO)C1. The number of rotatable bonds is 3. The summed E-state index contributed by atoms with van der Waals surface area (Å²) in [5, 5.41) is 9.11. The summed E-state index contributed by atoms with van der Waals surface area (Å²) in [4.78, 5) is 14.7. The fraction of sp³-hybridized carbons (Fsp3) is 0.583. The lowest BCUT2D eigenvalue weighted by Crippen LogP contribution is -2.47. The Morgan fingerprint density at radius 1 is 1.47 bits per heavy atom. The predicted octanol–water partition coefficient (Wildman–Crippen LogP) is 0.187. The minimum Gasteiger partial charge on any atom is -0.481 e. The van der Waals surface area contributed by atoms with Gasteiger partial charge in [-0.3, -0.25) is 4.99 Å². The van der Waals surface area contributed by atoms with Crippen LogP contribution >= 0.6 is 0 Å². The van der Waals surface area contributed by atoms with Crippen LogP contribution in [0.1, 0.15) is 18.4 Å². The first-order chi connectivity index (χ1) is 9.22. The topological polar surface area (TPSA) is 96.9 Å². The molecule has 1 fully saturated rings. The van der Waals surface area contributed by atoms with Crippen LogP contribution in [0.15, 0.2) is 4.99 Å². The minimum atomic E-state index is 0.203. The van der Waals surface area contributed by atoms with Gasteiger partial charge in [0.25, 0.3) is 0 Å². The number of aliphatic imine (C=N–C) groups is 1. The number of aliphatic hydroxyl groups excluding tert-OH is 1. The summed E-state index contributed by atoms with van der Waals surface area (Å²) in [5.74, 6) is 1.85. The number of ether oxygens (including phenoxy) is 1. The number of hydrogen-bond acceptors (Lipinski definition) is 7. The Kier molecular flexibility index (Phi) is 2.98. The molecule has 1 aromatic rings. The van der Waals surface area contributed by atoms with Crippen molar-refractivity contribution in [3.05, 3.63) is 5.56 Å². The Morgan fingerprint density at radius 2 is 2.26 bits per heavy atom. The smallest absolute Gasteiger partial charge is 0.225 e. The van der Waals surface area contributed by atoms with Crippen LogP contribution in [0.5, 0.6) is 5.88 Å². The number of methoxy groups -OCH3 is 1. The summed E-state index contributed by atoms with van der Waals surface area (Å²) < 4.78 is 5.24. The second-order valence-corrected chi connectivity index (χ2v) is 4.93. The third-order valence-electron chi connectivity index (χ3n) is 3.72. The average molecular weight is 263 g/mol. The molecule has 19 heavy (non-hydrogen) atoms. The van der Waals surface area contributed by atoms with E-state index in [0.717, 1.165) is 24.2 Å². The highest BCUT2D eigenvalue weighted by atomic mass is 16.5. The van der Waals surface area contributed by atoms with Crippen molar-refractivity contribution in [2.45, 2.75) is 25.4 Å². The largest absolute Gasteiger partial charge is 0.481 e. The molecule has 1 saturated carbocycles. The first kappa shape index (κ1) is 12.2. The Labute approximate surface area is 111 Å². The second kappa shape index (κ2) is 4.65. The number of hydrogen-bond donors (Lipinski definition) is 2. The van der Waals surface area contributed by atoms with Crippen molar-refractivity contribution in [3.8, 4) is 5.88 Å². The molecule has 0 saturated heterocycles. The third kappa shape index (κ3) is 1.99. The van der Waals surface area contributed by atoms with Gasteiger partial charge < -0.3 is 20.5 Å². The van der Waals surface area contributed by atoms with E-state index in [9.17, 15) is 0 Å². The molecule has 2 aliphatic rings. The van der Waals surface area contributed by atoms with E-state index < -0.39 is 0 Å². The monoisotopic (exact) mass is 263 g/mol. The lowest BCUT2D eigenvalue weighted by atomic mass is 9.80. The van der Waals surface area contributed by atoms with E-state index in [0.29, 0.717) is 24.4 Å². The first-order valence-corrected chi connectivity index (χ1v) is 6.32. The van der Waals surface area contributed by atoms with Gasteiger partial charge in [-0.05, 0) is 18.8 Å². The van der Waals surface area contributed by atoms with Crippen molar-refractivity contribution in [3.63, 3.8) is 0 Å². The molecule has 1 aliphatic carbocycles. The van der Waals surface area contributed by atoms with Crippen molar-refractivity contribution in [1.29, 1.82) is 0 Å². The molecule has 3 rings (SSSR count). The van der Waals surface area contributed by atoms with E-state index in [2.05, 4.69) is 15.0 Å². The van der Waals surface area contributed by atoms with Gasteiger partial charge in [-0.15, -0.1) is 0 Å². The standard InChI is InChI=1S/C12H17N5O2/c1-19-11-9-4-14-6-17(8-2-7(3-8)5-18)10(9)15-12(13)16-11/h6-8,18H,2-5H2,1H3,(H2,13,15,16). The van der Waals surface area contributed by atoms with E-state index in [1.165, 1.54) is 0 Å². The molecule has 0 spiro atoms. The van der Waals surface area contributed by atoms with E-state index in [1.807, 2.05) is 4.90 Å². The van der Waals surface area contributed by atoms with Gasteiger partial charge in [0.1, 0.15) is 5.82 Å². The van der Waals surface area contributed by atoms with Gasteiger partial charge in [0.05, 0.1) is 25.6 Å². The normalized spacial score (nSPS) is 24.8. The van der Waals surface area contributed by atoms with Crippen LogP contribution in [0.2, 0.25) is 0 Å². The number of nitrogens with two attached hydrogens (primary N) is 1. The summed E-state index contributed by atoms with van der Waals surface area (Å²) >= 11 is 0. The molecule has 0 atom stereocenters. The van der Waals surface area contributed by atoms with E-state index in [1.54, 1.807) is 13.4 Å². The predicted molar refractivity (Wildman–Crippen MR) is 71.3 cm³/mol. The van der Waals surface area contributed by atoms with E-state index in [4.69, 9.17) is 15.6 Å². The van der Waals surface area contributed by atoms with Crippen LogP contribution in [0.25, 0.3) is 0 Å². The number of aromatic nitrogens is 2. The Balaban J connectivity index is 1.92. The molecular weight excluding hydrogens is 246 g/mol. The summed E-state index contributed by atoms with van der Waals surface area (Å²) in [7, 11) is 1.57. The molecule has 7 nitrogen and oxygen atoms in total. The molecule has 0 aromatic carbocycles. The fourth-order valence-corrected chi connectivity index (χ4v) is 2.61. The molecule has 0 bridgehead atoms. The van der Waals surface area contributed by atoms with Crippen LogP contribution in [0.4, 0.5) is 11.8 Å². The van der Waals surface area contributed by atoms with Gasteiger partial charge in [0, 0.05) is 12.6 Å². The fourth-order valence-electron chi connectivity index (χ4n) is 2.61. The molecule has 0 radical (unpaired) electrons. The molecule has 102 valence electrons. The van der Waals surface area contributed by atoms with Gasteiger partial charge in [0.15, 0.2) is 0 Å². The first-order valence-electron chi connectivity index (χ1n) is 6.32. The number of nitrogen functional groups attached to an aromatic ring is 1. The molecule has 0 unspecified atom stereocenters. The third-order valence-corrected chi connectivity index (χ3v) is 3.72. The van der Waals surface area contributed by atoms with Crippen LogP contribution in [0.3, 0.4) is 0 Å². The lowest BCUT2D eigenvalue weighted by Gasteiger charge is -2.42. The number of fused-ring (bicyclic) bond motifs is 1. The molecule has 1 aliphatic heterocycles. The molecule has 3 N–H and O–H groups in total. The zero-order chi connectivity index (χ0) is 13.4. The van der Waals surface area contributed by atoms with Crippen molar-refractivity contribution >= 4 is 18.1 Å². The summed E-state index contributed by atoms with van der Waals surface area (Å²) in [6, 6.07) is 0.318. The number of anilines is 2. The van der Waals surface area contributed by atoms with Crippen molar-refractivity contribution < 1.29 is 9.84 Å². The Bertz CT molecular complexity index is 513. The van der Waals surface area contributed by atoms with E-state index >= 15 is 0 Å². The molecule has 0 amide bonds. The van der Waals surface area contributed by atoms with Crippen molar-refractivity contribution in [1.82, 2.24) is 9.97 Å². The highest BCUT2D eigenvalue weighted by Gasteiger charge is 2.36. The maximum Gasteiger partial charge on any atom is 0.225 e. The summed E-state index contributed by atoms with van der Waals surface area (Å²) in [6.45, 7) is 0.745. The molecule has 1 aromatic heterocycles. The highest BCUT2D eigenvalue weighted by molar-refractivity contribution is 5.83. The maximum atomic E-state index is 9.11. The van der Waals surface area contributed by atoms with Crippen molar-refractivity contribution in [2.24, 2.45) is 10.9 Å². The quantitative estimate of drug-likeness (QED) is 0.808. The van der Waals surface area contributed by atoms with Gasteiger partial charge in [-0.1, -0.05) is 0 Å². The molecule has 2 heterocycles. The average Bonchev–Trinajstić information content (AvgIpc) is 2.37. The van der Waals surface area contributed by atoms with Crippen LogP contribution in [-0.4, -0.2) is 41.2 Å². The Morgan fingerprint density at radius 3 is 2.95 bits per heavy atom. The highest BCUT2D eigenvalue weighted by Crippen LogP contribution is 2.37. The molecular formula is C12H17N5O2. The number of aliphatic hydroxyl groups is 1. The van der Waals surface area contributed by atoms with Crippen LogP contribution < -0.4 is 15.4 Å². The zero-order valence-electron chi connectivity index (χ0n) is 10.8. The zero-order valence-corrected chi connectivity index (χ0v) is 10.8. The second-order valence-electron chi connectivity index (χ2n) is 4.93. The minimum absolute atomic E-state index is 0.203. The van der Waals surface area contributed by atoms with Gasteiger partial charge in [-0.2, -0.15) is 9.97 Å². The van der Waals surface area contributed by atoms with Crippen LogP contribution in [-0.2, 0) is 6.54 Å². The summed E-state index contributed by atoms with van der Waals surface area (Å²) in [6.07, 6.45) is 3.68. The maximum absolute atomic E-state index is 9.11. The number of nitrogens with zero attached hydrogens (tertiary/aromatic N) is 4. The van der Waals surface area contributed by atoms with Crippen molar-refractivity contribution in [2.75, 3.05) is 24.4 Å². The van der Waals surface area contributed by atoms with E-state index in [-0.39, 0.29) is 12.6 Å².